The van der Waals surface area contributed by atoms with Gasteiger partial charge in [0.25, 0.3) is 5.91 Å². The number of primary amides is 1. The molecule has 0 aliphatic heterocycles. The van der Waals surface area contributed by atoms with Crippen molar-refractivity contribution in [2.45, 2.75) is 82.2 Å². The van der Waals surface area contributed by atoms with Crippen molar-refractivity contribution in [2.75, 3.05) is 0 Å². The van der Waals surface area contributed by atoms with E-state index in [1.165, 1.54) is 16.9 Å². The predicted octanol–water partition coefficient (Wildman–Crippen LogP) is 4.21. The van der Waals surface area contributed by atoms with Crippen molar-refractivity contribution in [3.8, 4) is 0 Å². The van der Waals surface area contributed by atoms with Crippen LogP contribution in [-0.2, 0) is 17.5 Å². The number of imidazole rings is 1. The van der Waals surface area contributed by atoms with Gasteiger partial charge in [-0.1, -0.05) is 5.21 Å². The standard InChI is InChI=1S/C24H29F5N8O2S/c1-22(2,3)40(39)32-12-14-10-17-33-16(13-37(17)31-11-14)18(15-4-6-23(25,26)7-5-15)19-20(21(30)38)36(35-34-19)9-8-24(27,28)29/h10-13,15,18H,4-9H2,1-3H3,(H2,30,38)/t18-,40-/m0/s1. The predicted molar refractivity (Wildman–Crippen MR) is 136 cm³/mol. The fourth-order valence-corrected chi connectivity index (χ4v) is 5.11. The molecule has 40 heavy (non-hydrogen) atoms. The van der Waals surface area contributed by atoms with Gasteiger partial charge >= 0.3 is 6.18 Å². The summed E-state index contributed by atoms with van der Waals surface area (Å²) in [4.78, 5) is 17.0. The average molecular weight is 589 g/mol. The first-order valence-electron chi connectivity index (χ1n) is 12.5. The second-order valence-corrected chi connectivity index (χ2v) is 12.7. The number of alkyl halides is 5. The van der Waals surface area contributed by atoms with E-state index in [4.69, 9.17) is 5.73 Å². The molecule has 10 nitrogen and oxygen atoms in total. The van der Waals surface area contributed by atoms with Gasteiger partial charge in [0, 0.05) is 24.6 Å². The lowest BCUT2D eigenvalue weighted by molar-refractivity contribution is -0.137. The van der Waals surface area contributed by atoms with Crippen LogP contribution in [0, 0.1) is 5.92 Å². The Morgan fingerprint density at radius 3 is 2.55 bits per heavy atom. The molecule has 0 radical (unpaired) electrons. The van der Waals surface area contributed by atoms with E-state index in [2.05, 4.69) is 24.8 Å². The highest BCUT2D eigenvalue weighted by Crippen LogP contribution is 2.45. The summed E-state index contributed by atoms with van der Waals surface area (Å²) in [6.45, 7) is 4.66. The van der Waals surface area contributed by atoms with Crippen LogP contribution < -0.4 is 5.73 Å². The van der Waals surface area contributed by atoms with Crippen LogP contribution in [0.25, 0.3) is 5.65 Å². The molecule has 0 bridgehead atoms. The summed E-state index contributed by atoms with van der Waals surface area (Å²) in [5.74, 6) is -5.21. The first kappa shape index (κ1) is 29.7. The number of nitrogens with zero attached hydrogens (tertiary/aromatic N) is 7. The third kappa shape index (κ3) is 6.88. The van der Waals surface area contributed by atoms with Gasteiger partial charge in [0.15, 0.2) is 5.65 Å². The smallest absolute Gasteiger partial charge is 0.364 e. The van der Waals surface area contributed by atoms with Crippen molar-refractivity contribution in [3.05, 3.63) is 41.1 Å². The van der Waals surface area contributed by atoms with Gasteiger partial charge in [-0.3, -0.25) is 4.79 Å². The molecule has 0 saturated heterocycles. The molecule has 2 N–H and O–H groups in total. The maximum Gasteiger partial charge on any atom is 0.390 e. The van der Waals surface area contributed by atoms with Gasteiger partial charge in [-0.2, -0.15) is 22.7 Å². The van der Waals surface area contributed by atoms with Crippen LogP contribution >= 0.6 is 0 Å². The van der Waals surface area contributed by atoms with Gasteiger partial charge in [-0.05, 0) is 45.6 Å². The van der Waals surface area contributed by atoms with Crippen molar-refractivity contribution in [1.29, 1.82) is 0 Å². The van der Waals surface area contributed by atoms with E-state index < -0.39 is 71.4 Å². The zero-order valence-electron chi connectivity index (χ0n) is 22.0. The average Bonchev–Trinajstić information content (AvgIpc) is 3.45. The van der Waals surface area contributed by atoms with Gasteiger partial charge in [0.05, 0.1) is 41.7 Å². The highest BCUT2D eigenvalue weighted by molar-refractivity contribution is 7.85. The first-order chi connectivity index (χ1) is 18.5. The lowest BCUT2D eigenvalue weighted by atomic mass is 9.75. The van der Waals surface area contributed by atoms with Crippen molar-refractivity contribution in [1.82, 2.24) is 29.6 Å². The molecule has 1 amide bonds. The molecule has 3 heterocycles. The number of fused-ring (bicyclic) bond motifs is 1. The molecule has 2 atom stereocenters. The number of amides is 1. The molecule has 1 fully saturated rings. The molecular formula is C24H29F5N8O2S. The number of aryl methyl sites for hydroxylation is 1. The summed E-state index contributed by atoms with van der Waals surface area (Å²) >= 11 is 0. The lowest BCUT2D eigenvalue weighted by Gasteiger charge is -2.32. The Morgan fingerprint density at radius 2 is 1.95 bits per heavy atom. The number of aromatic nitrogens is 6. The largest absolute Gasteiger partial charge is 0.390 e. The Kier molecular flexibility index (Phi) is 8.11. The minimum Gasteiger partial charge on any atom is -0.364 e. The molecule has 0 spiro atoms. The van der Waals surface area contributed by atoms with Gasteiger partial charge in [-0.25, -0.2) is 27.2 Å². The molecule has 3 aromatic heterocycles. The van der Waals surface area contributed by atoms with Crippen molar-refractivity contribution in [2.24, 2.45) is 16.0 Å². The summed E-state index contributed by atoms with van der Waals surface area (Å²) in [6.07, 6.45) is -2.05. The summed E-state index contributed by atoms with van der Waals surface area (Å²) in [5.41, 5.74) is 6.38. The quantitative estimate of drug-likeness (QED) is 0.310. The van der Waals surface area contributed by atoms with E-state index in [1.54, 1.807) is 33.0 Å². The highest BCUT2D eigenvalue weighted by atomic mass is 32.2. The van der Waals surface area contributed by atoms with Crippen molar-refractivity contribution in [3.63, 3.8) is 0 Å². The minimum atomic E-state index is -4.51. The summed E-state index contributed by atoms with van der Waals surface area (Å²) in [7, 11) is -1.50. The molecule has 218 valence electrons. The van der Waals surface area contributed by atoms with E-state index in [-0.39, 0.29) is 24.2 Å². The molecule has 1 saturated carbocycles. The second-order valence-electron chi connectivity index (χ2n) is 10.8. The molecule has 4 rings (SSSR count). The van der Waals surface area contributed by atoms with Crippen molar-refractivity contribution < 1.29 is 31.0 Å². The Hall–Kier alpha value is -3.30. The molecular weight excluding hydrogens is 559 g/mol. The Bertz CT molecular complexity index is 1430. The molecule has 16 heteroatoms. The van der Waals surface area contributed by atoms with Crippen LogP contribution in [0.2, 0.25) is 0 Å². The minimum absolute atomic E-state index is 0.0179. The maximum absolute atomic E-state index is 14.0. The Labute approximate surface area is 228 Å². The van der Waals surface area contributed by atoms with Gasteiger partial charge in [-0.15, -0.1) is 5.10 Å². The molecule has 1 aliphatic rings. The van der Waals surface area contributed by atoms with E-state index >= 15 is 0 Å². The van der Waals surface area contributed by atoms with E-state index in [0.29, 0.717) is 16.9 Å². The van der Waals surface area contributed by atoms with E-state index in [0.717, 1.165) is 4.68 Å². The topological polar surface area (TPSA) is 133 Å². The lowest BCUT2D eigenvalue weighted by Crippen LogP contribution is -2.30. The molecule has 0 unspecified atom stereocenters. The summed E-state index contributed by atoms with van der Waals surface area (Å²) in [6, 6.07) is 1.63. The number of nitrogens with two attached hydrogens (primary N) is 1. The SMILES string of the molecule is CC(C)(C)[S@](=O)N=Cc1cnn2cc([C@@H](c3nnn(CCC(F)(F)F)c3C(N)=O)C3CCC(F)(F)CC3)nc2c1. The Balaban J connectivity index is 1.75. The number of carbonyl (C=O) groups is 1. The molecule has 1 aliphatic carbocycles. The van der Waals surface area contributed by atoms with Crippen LogP contribution in [0.15, 0.2) is 22.9 Å². The maximum atomic E-state index is 14.0. The van der Waals surface area contributed by atoms with Gasteiger partial charge in [0.2, 0.25) is 5.92 Å². The molecule has 0 aromatic carbocycles. The van der Waals surface area contributed by atoms with Crippen molar-refractivity contribution >= 4 is 28.8 Å². The van der Waals surface area contributed by atoms with Crippen LogP contribution in [0.4, 0.5) is 22.0 Å². The summed E-state index contributed by atoms with van der Waals surface area (Å²) < 4.78 is 84.7. The highest BCUT2D eigenvalue weighted by Gasteiger charge is 2.42. The second kappa shape index (κ2) is 10.9. The van der Waals surface area contributed by atoms with E-state index in [1.807, 2.05) is 0 Å². The first-order valence-corrected chi connectivity index (χ1v) is 13.6. The number of hydrogen-bond donors (Lipinski definition) is 1. The van der Waals surface area contributed by atoms with Gasteiger partial charge < -0.3 is 5.73 Å². The Morgan fingerprint density at radius 1 is 1.27 bits per heavy atom. The normalized spacial score (nSPS) is 18.4. The van der Waals surface area contributed by atoms with E-state index in [9.17, 15) is 31.0 Å². The van der Waals surface area contributed by atoms with Crippen LogP contribution in [-0.4, -0.2) is 62.8 Å². The monoisotopic (exact) mass is 588 g/mol. The fourth-order valence-electron chi connectivity index (χ4n) is 4.58. The fraction of sp³-hybridized carbons (Fsp3) is 0.583. The van der Waals surface area contributed by atoms with Crippen LogP contribution in [0.1, 0.15) is 86.2 Å². The number of carbonyl (C=O) groups excluding carboxylic acids is 1. The number of hydrogen-bond acceptors (Lipinski definition) is 6. The summed E-state index contributed by atoms with van der Waals surface area (Å²) in [5, 5.41) is 12.1. The number of halogens is 5. The van der Waals surface area contributed by atoms with Crippen LogP contribution in [0.3, 0.4) is 0 Å². The zero-order chi connectivity index (χ0) is 29.5. The zero-order valence-corrected chi connectivity index (χ0v) is 22.8. The third-order valence-corrected chi connectivity index (χ3v) is 7.97. The van der Waals surface area contributed by atoms with Gasteiger partial charge in [0.1, 0.15) is 22.4 Å². The molecule has 3 aromatic rings. The third-order valence-electron chi connectivity index (χ3n) is 6.63. The van der Waals surface area contributed by atoms with Crippen LogP contribution in [0.5, 0.6) is 0 Å². The number of rotatable bonds is 8.